The van der Waals surface area contributed by atoms with Crippen LogP contribution >= 0.6 is 0 Å². The predicted octanol–water partition coefficient (Wildman–Crippen LogP) is 4.43. The van der Waals surface area contributed by atoms with Gasteiger partial charge in [0.15, 0.2) is 0 Å². The number of nitrogens with zero attached hydrogens (tertiary/aromatic N) is 2. The quantitative estimate of drug-likeness (QED) is 0.0449. The summed E-state index contributed by atoms with van der Waals surface area (Å²) in [5.41, 5.74) is 1.01. The molecule has 2 aromatic rings. The second-order valence-corrected chi connectivity index (χ2v) is 18.4. The highest BCUT2D eigenvalue weighted by atomic mass is 16.2. The zero-order chi connectivity index (χ0) is 49.0. The van der Waals surface area contributed by atoms with Gasteiger partial charge in [-0.15, -0.1) is 0 Å². The van der Waals surface area contributed by atoms with E-state index in [0.717, 1.165) is 25.7 Å². The standard InChI is InChI=1S/C48H83N11O7/c1-10-12-13-14-15-16-17-18-19-20-21-22-23-24-39(60)57-42(33(7)11-2)48(66)59-41(32(5)6)47(65)56-38(26-36-28-51-30-53-36)45(63)54-34(8)43(61)58-40(31(3)4)46(64)55-37(44(62)49-9)25-35-27-50-29-52-35/h27-34,37-38,40-42H,10-26H2,1-9H3,(H,49,62)(H,50,52)(H,51,53)(H,54,63)(H,55,64)(H,56,65)(H,57,60)(H,58,61)(H,59,66)/t33-,34-,37-,38-,40-,41-,42-/m0/s1. The molecule has 0 bridgehead atoms. The van der Waals surface area contributed by atoms with E-state index in [0.29, 0.717) is 24.2 Å². The number of unbranched alkanes of at least 4 members (excludes halogenated alkanes) is 12. The van der Waals surface area contributed by atoms with Crippen LogP contribution in [0.25, 0.3) is 0 Å². The smallest absolute Gasteiger partial charge is 0.243 e. The Balaban J connectivity index is 2.03. The summed E-state index contributed by atoms with van der Waals surface area (Å²) in [6, 6.07) is -6.37. The number of amides is 7. The number of hydrogen-bond donors (Lipinski definition) is 9. The van der Waals surface area contributed by atoms with Crippen LogP contribution < -0.4 is 37.2 Å². The van der Waals surface area contributed by atoms with Gasteiger partial charge in [0.2, 0.25) is 41.4 Å². The lowest BCUT2D eigenvalue weighted by Crippen LogP contribution is -2.61. The lowest BCUT2D eigenvalue weighted by atomic mass is 9.96. The van der Waals surface area contributed by atoms with Crippen molar-refractivity contribution in [1.82, 2.24) is 57.2 Å². The normalized spacial score (nSPS) is 14.5. The zero-order valence-corrected chi connectivity index (χ0v) is 41.3. The van der Waals surface area contributed by atoms with Crippen LogP contribution in [0.5, 0.6) is 0 Å². The summed E-state index contributed by atoms with van der Waals surface area (Å²) in [5, 5.41) is 19.1. The largest absolute Gasteiger partial charge is 0.357 e. The first-order valence-corrected chi connectivity index (χ1v) is 24.5. The minimum atomic E-state index is -1.22. The highest BCUT2D eigenvalue weighted by Crippen LogP contribution is 2.15. The average molecular weight is 926 g/mol. The molecule has 0 radical (unpaired) electrons. The topological polar surface area (TPSA) is 261 Å². The molecule has 7 amide bonds. The van der Waals surface area contributed by atoms with E-state index in [9.17, 15) is 33.6 Å². The summed E-state index contributed by atoms with van der Waals surface area (Å²) in [7, 11) is 1.45. The molecule has 0 aliphatic carbocycles. The molecule has 0 fully saturated rings. The molecule has 0 saturated heterocycles. The summed E-state index contributed by atoms with van der Waals surface area (Å²) in [6.07, 6.45) is 22.7. The fourth-order valence-electron chi connectivity index (χ4n) is 7.56. The zero-order valence-electron chi connectivity index (χ0n) is 41.3. The van der Waals surface area contributed by atoms with Crippen molar-refractivity contribution in [1.29, 1.82) is 0 Å². The number of aromatic amines is 2. The van der Waals surface area contributed by atoms with Crippen LogP contribution in [0.1, 0.15) is 163 Å². The van der Waals surface area contributed by atoms with Crippen LogP contribution in [0.4, 0.5) is 0 Å². The molecule has 2 aromatic heterocycles. The molecule has 9 N–H and O–H groups in total. The number of carbonyl (C=O) groups excluding carboxylic acids is 7. The van der Waals surface area contributed by atoms with E-state index >= 15 is 0 Å². The van der Waals surface area contributed by atoms with Gasteiger partial charge in [-0.3, -0.25) is 33.6 Å². The van der Waals surface area contributed by atoms with E-state index in [1.807, 2.05) is 13.8 Å². The van der Waals surface area contributed by atoms with E-state index in [1.54, 1.807) is 40.1 Å². The molecule has 2 heterocycles. The van der Waals surface area contributed by atoms with Crippen molar-refractivity contribution in [2.75, 3.05) is 7.05 Å². The SMILES string of the molecule is CCCCCCCCCCCCCCCC(=O)N[C@H](C(=O)N[C@H](C(=O)N[C@@H](Cc1c[nH]cn1)C(=O)N[C@@H](C)C(=O)N[C@H](C(=O)N[C@@H](Cc1c[nH]cn1)C(=O)NC)C(C)C)C(C)C)[C@@H](C)CC. The van der Waals surface area contributed by atoms with E-state index in [1.165, 1.54) is 84.4 Å². The van der Waals surface area contributed by atoms with Crippen LogP contribution in [-0.4, -0.2) is 105 Å². The van der Waals surface area contributed by atoms with Crippen molar-refractivity contribution in [3.8, 4) is 0 Å². The van der Waals surface area contributed by atoms with Gasteiger partial charge in [-0.05, 0) is 31.1 Å². The minimum Gasteiger partial charge on any atom is -0.357 e. The van der Waals surface area contributed by atoms with Crippen molar-refractivity contribution in [3.05, 3.63) is 36.4 Å². The highest BCUT2D eigenvalue weighted by Gasteiger charge is 2.35. The molecule has 66 heavy (non-hydrogen) atoms. The van der Waals surface area contributed by atoms with Gasteiger partial charge in [-0.2, -0.15) is 0 Å². The summed E-state index contributed by atoms with van der Waals surface area (Å²) < 4.78 is 0. The molecule has 0 saturated carbocycles. The van der Waals surface area contributed by atoms with E-state index in [4.69, 9.17) is 0 Å². The van der Waals surface area contributed by atoms with Gasteiger partial charge in [-0.1, -0.05) is 132 Å². The molecule has 372 valence electrons. The van der Waals surface area contributed by atoms with Gasteiger partial charge in [0, 0.05) is 38.7 Å². The number of H-pyrrole nitrogens is 2. The Kier molecular flexibility index (Phi) is 27.2. The second kappa shape index (κ2) is 31.6. The van der Waals surface area contributed by atoms with Crippen molar-refractivity contribution >= 4 is 41.4 Å². The van der Waals surface area contributed by atoms with Gasteiger partial charge in [-0.25, -0.2) is 9.97 Å². The number of aromatic nitrogens is 4. The fraction of sp³-hybridized carbons (Fsp3) is 0.729. The molecular weight excluding hydrogens is 843 g/mol. The Morgan fingerprint density at radius 2 is 0.924 bits per heavy atom. The molecule has 0 aliphatic rings. The summed E-state index contributed by atoms with van der Waals surface area (Å²) in [4.78, 5) is 108. The first kappa shape index (κ1) is 56.8. The Morgan fingerprint density at radius 3 is 1.33 bits per heavy atom. The Labute approximate surface area is 393 Å². The first-order chi connectivity index (χ1) is 31.5. The highest BCUT2D eigenvalue weighted by molar-refractivity contribution is 5.97. The van der Waals surface area contributed by atoms with Crippen molar-refractivity contribution in [2.24, 2.45) is 17.8 Å². The van der Waals surface area contributed by atoms with E-state index < -0.39 is 83.5 Å². The Morgan fingerprint density at radius 1 is 0.500 bits per heavy atom. The maximum absolute atomic E-state index is 14.0. The number of nitrogens with one attached hydrogen (secondary N) is 9. The number of likely N-dealkylation sites (N-methyl/N-ethyl adjacent to an activating group) is 1. The monoisotopic (exact) mass is 926 g/mol. The fourth-order valence-corrected chi connectivity index (χ4v) is 7.56. The molecule has 18 heteroatoms. The third-order valence-corrected chi connectivity index (χ3v) is 12.0. The lowest BCUT2D eigenvalue weighted by Gasteiger charge is -2.29. The molecule has 0 aromatic carbocycles. The Bertz CT molecular complexity index is 1740. The maximum Gasteiger partial charge on any atom is 0.243 e. The summed E-state index contributed by atoms with van der Waals surface area (Å²) in [6.45, 7) is 14.5. The van der Waals surface area contributed by atoms with E-state index in [2.05, 4.69) is 64.1 Å². The van der Waals surface area contributed by atoms with Gasteiger partial charge >= 0.3 is 0 Å². The second-order valence-electron chi connectivity index (χ2n) is 18.4. The van der Waals surface area contributed by atoms with Crippen LogP contribution in [0.3, 0.4) is 0 Å². The summed E-state index contributed by atoms with van der Waals surface area (Å²) in [5.74, 6) is -4.80. The predicted molar refractivity (Wildman–Crippen MR) is 255 cm³/mol. The number of imidazole rings is 2. The van der Waals surface area contributed by atoms with Gasteiger partial charge in [0.1, 0.15) is 36.3 Å². The van der Waals surface area contributed by atoms with Gasteiger partial charge in [0.25, 0.3) is 0 Å². The molecule has 2 rings (SSSR count). The van der Waals surface area contributed by atoms with E-state index in [-0.39, 0.29) is 24.7 Å². The van der Waals surface area contributed by atoms with Gasteiger partial charge < -0.3 is 47.2 Å². The summed E-state index contributed by atoms with van der Waals surface area (Å²) >= 11 is 0. The number of rotatable bonds is 34. The minimum absolute atomic E-state index is 0.0488. The van der Waals surface area contributed by atoms with Gasteiger partial charge in [0.05, 0.1) is 24.0 Å². The van der Waals surface area contributed by atoms with Crippen molar-refractivity contribution < 1.29 is 33.6 Å². The molecule has 0 unspecified atom stereocenters. The van der Waals surface area contributed by atoms with Crippen molar-refractivity contribution in [2.45, 2.75) is 201 Å². The van der Waals surface area contributed by atoms with Crippen LogP contribution in [0.2, 0.25) is 0 Å². The molecule has 0 spiro atoms. The molecule has 7 atom stereocenters. The lowest BCUT2D eigenvalue weighted by molar-refractivity contribution is -0.136. The molecular formula is C48H83N11O7. The number of carbonyl (C=O) groups is 7. The third-order valence-electron chi connectivity index (χ3n) is 12.0. The molecule has 18 nitrogen and oxygen atoms in total. The van der Waals surface area contributed by atoms with Crippen LogP contribution in [0.15, 0.2) is 25.0 Å². The Hall–Kier alpha value is -5.29. The first-order valence-electron chi connectivity index (χ1n) is 24.5. The average Bonchev–Trinajstić information content (AvgIpc) is 4.01. The van der Waals surface area contributed by atoms with Crippen LogP contribution in [0, 0.1) is 17.8 Å². The number of hydrogen-bond acceptors (Lipinski definition) is 9. The third kappa shape index (κ3) is 21.3. The maximum atomic E-state index is 14.0. The van der Waals surface area contributed by atoms with Crippen LogP contribution in [-0.2, 0) is 46.4 Å². The molecule has 0 aliphatic heterocycles. The van der Waals surface area contributed by atoms with Crippen molar-refractivity contribution in [3.63, 3.8) is 0 Å².